The van der Waals surface area contributed by atoms with E-state index in [9.17, 15) is 24.0 Å². The molecule has 0 aromatic heterocycles. The summed E-state index contributed by atoms with van der Waals surface area (Å²) in [6, 6.07) is 14.1. The molecule has 6 N–H and O–H groups in total. The SMILES string of the molecule is CN=C(C=CN)NCCCOC(=O)c1ccc(N[S+]([O-])c2cccc(-c3cc(F)ccc3O)c2)cc1O. The highest BCUT2D eigenvalue weighted by molar-refractivity contribution is 7.92. The smallest absolute Gasteiger partial charge is 0.341 e. The number of hydrogen-bond acceptors (Lipinski definition) is 8. The van der Waals surface area contributed by atoms with E-state index in [0.29, 0.717) is 34.9 Å². The van der Waals surface area contributed by atoms with Gasteiger partial charge in [-0.2, -0.15) is 0 Å². The van der Waals surface area contributed by atoms with Crippen molar-refractivity contribution >= 4 is 28.9 Å². The van der Waals surface area contributed by atoms with Crippen molar-refractivity contribution < 1.29 is 28.7 Å². The molecule has 0 aliphatic rings. The van der Waals surface area contributed by atoms with E-state index in [1.165, 1.54) is 36.5 Å². The maximum absolute atomic E-state index is 13.6. The lowest BCUT2D eigenvalue weighted by Gasteiger charge is -2.14. The van der Waals surface area contributed by atoms with E-state index in [0.717, 1.165) is 6.07 Å². The number of amidine groups is 1. The predicted molar refractivity (Wildman–Crippen MR) is 141 cm³/mol. The Morgan fingerprint density at radius 2 is 1.97 bits per heavy atom. The molecule has 0 amide bonds. The summed E-state index contributed by atoms with van der Waals surface area (Å²) in [6.45, 7) is 0.626. The summed E-state index contributed by atoms with van der Waals surface area (Å²) < 4.78 is 34.4. The third kappa shape index (κ3) is 7.63. The topological polar surface area (TPSA) is 152 Å². The van der Waals surface area contributed by atoms with E-state index < -0.39 is 23.1 Å². The quantitative estimate of drug-likeness (QED) is 0.0882. The average Bonchev–Trinajstić information content (AvgIpc) is 2.89. The minimum Gasteiger partial charge on any atom is -0.588 e. The van der Waals surface area contributed by atoms with Crippen molar-refractivity contribution in [1.82, 2.24) is 5.32 Å². The Kier molecular flexibility index (Phi) is 9.76. The number of aliphatic imine (C=N–C) groups is 1. The third-order valence-corrected chi connectivity index (χ3v) is 6.20. The van der Waals surface area contributed by atoms with Crippen LogP contribution in [0.4, 0.5) is 10.1 Å². The van der Waals surface area contributed by atoms with Crippen molar-refractivity contribution in [2.45, 2.75) is 11.3 Å². The molecule has 0 radical (unpaired) electrons. The van der Waals surface area contributed by atoms with Gasteiger partial charge in [0.05, 0.1) is 12.3 Å². The Balaban J connectivity index is 1.59. The van der Waals surface area contributed by atoms with Crippen LogP contribution in [-0.2, 0) is 16.1 Å². The number of aromatic hydroxyl groups is 2. The minimum atomic E-state index is -1.75. The first kappa shape index (κ1) is 27.4. The zero-order valence-electron chi connectivity index (χ0n) is 20.0. The van der Waals surface area contributed by atoms with Crippen LogP contribution in [0.1, 0.15) is 16.8 Å². The Bertz CT molecular complexity index is 1300. The Labute approximate surface area is 216 Å². The molecule has 3 aromatic carbocycles. The first-order valence-corrected chi connectivity index (χ1v) is 12.3. The van der Waals surface area contributed by atoms with Crippen molar-refractivity contribution in [2.75, 3.05) is 24.9 Å². The number of benzene rings is 3. The number of carbonyl (C=O) groups excluding carboxylic acids is 1. The number of halogens is 1. The zero-order valence-corrected chi connectivity index (χ0v) is 20.8. The molecule has 0 aliphatic carbocycles. The van der Waals surface area contributed by atoms with Crippen molar-refractivity contribution in [3.8, 4) is 22.6 Å². The fourth-order valence-electron chi connectivity index (χ4n) is 3.29. The van der Waals surface area contributed by atoms with Crippen LogP contribution in [0.2, 0.25) is 0 Å². The van der Waals surface area contributed by atoms with E-state index >= 15 is 0 Å². The summed E-state index contributed by atoms with van der Waals surface area (Å²) in [6.07, 6.45) is 3.48. The van der Waals surface area contributed by atoms with Crippen LogP contribution in [-0.4, -0.2) is 46.8 Å². The number of hydrogen-bond donors (Lipinski definition) is 5. The lowest BCUT2D eigenvalue weighted by atomic mass is 10.0. The Morgan fingerprint density at radius 3 is 2.70 bits per heavy atom. The van der Waals surface area contributed by atoms with Gasteiger partial charge in [0.1, 0.15) is 40.1 Å². The lowest BCUT2D eigenvalue weighted by Crippen LogP contribution is -2.24. The molecule has 194 valence electrons. The number of phenols is 2. The highest BCUT2D eigenvalue weighted by Gasteiger charge is 2.18. The Hall–Kier alpha value is -4.22. The number of nitrogens with two attached hydrogens (primary N) is 1. The van der Waals surface area contributed by atoms with Gasteiger partial charge in [0.25, 0.3) is 0 Å². The van der Waals surface area contributed by atoms with Crippen LogP contribution < -0.4 is 15.8 Å². The minimum absolute atomic E-state index is 0.0326. The van der Waals surface area contributed by atoms with Gasteiger partial charge in [-0.05, 0) is 60.7 Å². The number of phenolic OH excluding ortho intramolecular Hbond substituents is 2. The van der Waals surface area contributed by atoms with E-state index in [4.69, 9.17) is 10.5 Å². The Morgan fingerprint density at radius 1 is 1.16 bits per heavy atom. The average molecular weight is 527 g/mol. The number of ether oxygens (including phenoxy) is 1. The van der Waals surface area contributed by atoms with Crippen molar-refractivity contribution in [3.63, 3.8) is 0 Å². The molecule has 0 saturated heterocycles. The summed E-state index contributed by atoms with van der Waals surface area (Å²) >= 11 is -1.75. The second-order valence-electron chi connectivity index (χ2n) is 7.68. The van der Waals surface area contributed by atoms with Crippen LogP contribution in [0.15, 0.2) is 82.8 Å². The molecule has 0 saturated carbocycles. The first-order chi connectivity index (χ1) is 17.8. The second-order valence-corrected chi connectivity index (χ2v) is 8.89. The second kappa shape index (κ2) is 13.2. The first-order valence-electron chi connectivity index (χ1n) is 11.2. The fraction of sp³-hybridized carbons (Fsp3) is 0.154. The molecule has 3 rings (SSSR count). The van der Waals surface area contributed by atoms with Crippen molar-refractivity contribution in [3.05, 3.63) is 84.3 Å². The van der Waals surface area contributed by atoms with Gasteiger partial charge in [0.2, 0.25) is 0 Å². The van der Waals surface area contributed by atoms with Crippen LogP contribution in [0.3, 0.4) is 0 Å². The van der Waals surface area contributed by atoms with Crippen molar-refractivity contribution in [2.24, 2.45) is 10.7 Å². The molecular formula is C26H27FN4O5S. The maximum atomic E-state index is 13.6. The molecule has 11 heteroatoms. The molecule has 37 heavy (non-hydrogen) atoms. The van der Waals surface area contributed by atoms with E-state index in [-0.39, 0.29) is 29.2 Å². The van der Waals surface area contributed by atoms with Gasteiger partial charge in [-0.3, -0.25) is 4.99 Å². The van der Waals surface area contributed by atoms with Crippen LogP contribution >= 0.6 is 0 Å². The van der Waals surface area contributed by atoms with Gasteiger partial charge in [-0.15, -0.1) is 0 Å². The third-order valence-electron chi connectivity index (χ3n) is 5.10. The summed E-state index contributed by atoms with van der Waals surface area (Å²) in [5.41, 5.74) is 6.34. The van der Waals surface area contributed by atoms with Crippen molar-refractivity contribution in [1.29, 1.82) is 0 Å². The predicted octanol–water partition coefficient (Wildman–Crippen LogP) is 3.68. The van der Waals surface area contributed by atoms with E-state index in [1.54, 1.807) is 37.4 Å². The van der Waals surface area contributed by atoms with Crippen LogP contribution in [0.25, 0.3) is 11.1 Å². The lowest BCUT2D eigenvalue weighted by molar-refractivity contribution is 0.0498. The van der Waals surface area contributed by atoms with E-state index in [2.05, 4.69) is 15.0 Å². The van der Waals surface area contributed by atoms with Gasteiger partial charge in [-0.25, -0.2) is 13.9 Å². The normalized spacial score (nSPS) is 12.4. The molecule has 0 heterocycles. The monoisotopic (exact) mass is 526 g/mol. The highest BCUT2D eigenvalue weighted by Crippen LogP contribution is 2.32. The van der Waals surface area contributed by atoms with Gasteiger partial charge >= 0.3 is 5.97 Å². The molecule has 1 atom stereocenters. The maximum Gasteiger partial charge on any atom is 0.341 e. The number of nitrogens with zero attached hydrogens (tertiary/aromatic N) is 1. The number of anilines is 1. The molecule has 0 aliphatic heterocycles. The summed E-state index contributed by atoms with van der Waals surface area (Å²) in [4.78, 5) is 16.7. The molecule has 0 spiro atoms. The number of rotatable bonds is 10. The summed E-state index contributed by atoms with van der Waals surface area (Å²) in [7, 11) is 1.62. The molecule has 0 bridgehead atoms. The fourth-order valence-corrected chi connectivity index (χ4v) is 4.18. The van der Waals surface area contributed by atoms with Gasteiger partial charge < -0.3 is 30.6 Å². The van der Waals surface area contributed by atoms with Gasteiger partial charge in [-0.1, -0.05) is 12.1 Å². The van der Waals surface area contributed by atoms with Gasteiger partial charge in [0.15, 0.2) is 4.90 Å². The van der Waals surface area contributed by atoms with Crippen LogP contribution in [0.5, 0.6) is 11.5 Å². The zero-order chi connectivity index (χ0) is 26.8. The molecule has 3 aromatic rings. The van der Waals surface area contributed by atoms with Gasteiger partial charge in [0, 0.05) is 31.3 Å². The molecule has 1 unspecified atom stereocenters. The number of nitrogens with one attached hydrogen (secondary N) is 2. The standard InChI is InChI=1S/C26H27FN4O5S/c1-29-25(10-11-28)30-12-3-13-36-26(34)21-8-7-19(16-24(21)33)31-37(35)20-5-2-4-17(14-20)22-15-18(27)6-9-23(22)32/h2,4-11,14-16,31-33H,3,12-13,28H2,1H3,(H,29,30). The number of esters is 1. The summed E-state index contributed by atoms with van der Waals surface area (Å²) in [5, 5.41) is 23.4. The molecular weight excluding hydrogens is 499 g/mol. The summed E-state index contributed by atoms with van der Waals surface area (Å²) in [5.74, 6) is -1.05. The van der Waals surface area contributed by atoms with Crippen LogP contribution in [0, 0.1) is 5.82 Å². The highest BCUT2D eigenvalue weighted by atomic mass is 32.2. The number of carbonyl (C=O) groups is 1. The largest absolute Gasteiger partial charge is 0.588 e. The molecule has 0 fully saturated rings. The van der Waals surface area contributed by atoms with E-state index in [1.807, 2.05) is 0 Å². The molecule has 9 nitrogen and oxygen atoms in total.